The Kier molecular flexibility index (Phi) is 7.05. The highest BCUT2D eigenvalue weighted by Crippen LogP contribution is 2.19. The van der Waals surface area contributed by atoms with E-state index in [1.807, 2.05) is 6.92 Å². The van der Waals surface area contributed by atoms with Crippen molar-refractivity contribution < 1.29 is 4.74 Å². The standard InChI is InChI=1S/C13H28N4O/c1-11(10-18-3)16-13(14)15-7-4-12-5-8-17(2)9-6-12/h11-12H,4-10H2,1-3H3,(H3,14,15,16). The van der Waals surface area contributed by atoms with Crippen LogP contribution in [0.3, 0.4) is 0 Å². The lowest BCUT2D eigenvalue weighted by molar-refractivity contribution is 0.179. The Labute approximate surface area is 111 Å². The van der Waals surface area contributed by atoms with Gasteiger partial charge in [-0.2, -0.15) is 0 Å². The topological polar surface area (TPSA) is 62.9 Å². The number of guanidine groups is 1. The molecule has 1 aliphatic heterocycles. The summed E-state index contributed by atoms with van der Waals surface area (Å²) in [4.78, 5) is 6.76. The molecule has 0 radical (unpaired) electrons. The van der Waals surface area contributed by atoms with Gasteiger partial charge in [0.15, 0.2) is 5.96 Å². The van der Waals surface area contributed by atoms with Crippen LogP contribution in [0.1, 0.15) is 26.2 Å². The molecule has 1 heterocycles. The van der Waals surface area contributed by atoms with E-state index in [4.69, 9.17) is 10.5 Å². The molecule has 0 bridgehead atoms. The molecule has 0 aromatic rings. The number of rotatable bonds is 6. The van der Waals surface area contributed by atoms with E-state index in [1.54, 1.807) is 7.11 Å². The van der Waals surface area contributed by atoms with Gasteiger partial charge in [-0.1, -0.05) is 0 Å². The lowest BCUT2D eigenvalue weighted by Gasteiger charge is -2.28. The van der Waals surface area contributed by atoms with Crippen molar-refractivity contribution in [1.82, 2.24) is 10.2 Å². The fourth-order valence-electron chi connectivity index (χ4n) is 2.31. The van der Waals surface area contributed by atoms with Crippen LogP contribution in [0.15, 0.2) is 4.99 Å². The Morgan fingerprint density at radius 3 is 2.78 bits per heavy atom. The average Bonchev–Trinajstić information content (AvgIpc) is 2.32. The smallest absolute Gasteiger partial charge is 0.188 e. The van der Waals surface area contributed by atoms with E-state index in [1.165, 1.54) is 25.9 Å². The van der Waals surface area contributed by atoms with Gasteiger partial charge in [-0.15, -0.1) is 0 Å². The van der Waals surface area contributed by atoms with Crippen LogP contribution < -0.4 is 11.1 Å². The normalized spacial score (nSPS) is 20.9. The first-order chi connectivity index (χ1) is 8.61. The zero-order valence-electron chi connectivity index (χ0n) is 12.0. The van der Waals surface area contributed by atoms with Crippen LogP contribution in [0.25, 0.3) is 0 Å². The van der Waals surface area contributed by atoms with Crippen molar-refractivity contribution in [3.63, 3.8) is 0 Å². The predicted molar refractivity (Wildman–Crippen MR) is 75.8 cm³/mol. The third kappa shape index (κ3) is 6.21. The number of methoxy groups -OCH3 is 1. The monoisotopic (exact) mass is 256 g/mol. The minimum Gasteiger partial charge on any atom is -0.383 e. The molecule has 1 rings (SSSR count). The number of aliphatic imine (C=N–C) groups is 1. The third-order valence-electron chi connectivity index (χ3n) is 3.47. The largest absolute Gasteiger partial charge is 0.383 e. The number of nitrogens with one attached hydrogen (secondary N) is 1. The lowest BCUT2D eigenvalue weighted by Crippen LogP contribution is -2.40. The second kappa shape index (κ2) is 8.32. The van der Waals surface area contributed by atoms with E-state index in [9.17, 15) is 0 Å². The van der Waals surface area contributed by atoms with Gasteiger partial charge in [-0.3, -0.25) is 4.99 Å². The average molecular weight is 256 g/mol. The van der Waals surface area contributed by atoms with E-state index in [-0.39, 0.29) is 6.04 Å². The molecule has 1 aliphatic rings. The highest BCUT2D eigenvalue weighted by molar-refractivity contribution is 5.78. The number of nitrogens with zero attached hydrogens (tertiary/aromatic N) is 2. The van der Waals surface area contributed by atoms with E-state index >= 15 is 0 Å². The molecule has 0 aromatic heterocycles. The molecule has 106 valence electrons. The summed E-state index contributed by atoms with van der Waals surface area (Å²) in [6, 6.07) is 0.210. The van der Waals surface area contributed by atoms with Crippen LogP contribution in [-0.4, -0.2) is 57.3 Å². The summed E-state index contributed by atoms with van der Waals surface area (Å²) < 4.78 is 5.04. The van der Waals surface area contributed by atoms with Crippen molar-refractivity contribution in [2.75, 3.05) is 40.4 Å². The first-order valence-electron chi connectivity index (χ1n) is 6.85. The van der Waals surface area contributed by atoms with Crippen LogP contribution in [-0.2, 0) is 4.74 Å². The highest BCUT2D eigenvalue weighted by Gasteiger charge is 2.15. The number of nitrogens with two attached hydrogens (primary N) is 1. The molecule has 1 fully saturated rings. The summed E-state index contributed by atoms with van der Waals surface area (Å²) in [6.07, 6.45) is 3.73. The zero-order valence-corrected chi connectivity index (χ0v) is 12.0. The molecule has 3 N–H and O–H groups in total. The molecule has 0 saturated carbocycles. The zero-order chi connectivity index (χ0) is 13.4. The molecule has 0 spiro atoms. The fraction of sp³-hybridized carbons (Fsp3) is 0.923. The summed E-state index contributed by atoms with van der Waals surface area (Å²) in [5, 5.41) is 3.12. The maximum absolute atomic E-state index is 5.82. The maximum atomic E-state index is 5.82. The first kappa shape index (κ1) is 15.2. The van der Waals surface area contributed by atoms with Crippen molar-refractivity contribution in [2.45, 2.75) is 32.2 Å². The molecular weight excluding hydrogens is 228 g/mol. The molecule has 18 heavy (non-hydrogen) atoms. The summed E-state index contributed by atoms with van der Waals surface area (Å²) in [7, 11) is 3.87. The SMILES string of the molecule is COCC(C)NC(N)=NCCC1CCN(C)CC1. The summed E-state index contributed by atoms with van der Waals surface area (Å²) in [5.41, 5.74) is 5.82. The summed E-state index contributed by atoms with van der Waals surface area (Å²) >= 11 is 0. The third-order valence-corrected chi connectivity index (χ3v) is 3.47. The van der Waals surface area contributed by atoms with E-state index in [0.29, 0.717) is 12.6 Å². The van der Waals surface area contributed by atoms with Gasteiger partial charge >= 0.3 is 0 Å². The lowest BCUT2D eigenvalue weighted by atomic mass is 9.94. The van der Waals surface area contributed by atoms with Crippen LogP contribution in [0, 0.1) is 5.92 Å². The van der Waals surface area contributed by atoms with Crippen molar-refractivity contribution in [3.05, 3.63) is 0 Å². The van der Waals surface area contributed by atoms with E-state index < -0.39 is 0 Å². The van der Waals surface area contributed by atoms with Crippen LogP contribution in [0.4, 0.5) is 0 Å². The first-order valence-corrected chi connectivity index (χ1v) is 6.85. The molecule has 5 nitrogen and oxygen atoms in total. The molecule has 5 heteroatoms. The minimum absolute atomic E-state index is 0.210. The van der Waals surface area contributed by atoms with Gasteiger partial charge < -0.3 is 20.7 Å². The van der Waals surface area contributed by atoms with Gasteiger partial charge in [0.1, 0.15) is 0 Å². The van der Waals surface area contributed by atoms with Crippen molar-refractivity contribution in [3.8, 4) is 0 Å². The Balaban J connectivity index is 2.15. The fourth-order valence-corrected chi connectivity index (χ4v) is 2.31. The number of likely N-dealkylation sites (tertiary alicyclic amines) is 1. The van der Waals surface area contributed by atoms with Crippen molar-refractivity contribution in [2.24, 2.45) is 16.6 Å². The maximum Gasteiger partial charge on any atom is 0.188 e. The van der Waals surface area contributed by atoms with Gasteiger partial charge in [0.25, 0.3) is 0 Å². The van der Waals surface area contributed by atoms with Gasteiger partial charge in [0.05, 0.1) is 6.61 Å². The second-order valence-corrected chi connectivity index (χ2v) is 5.30. The molecule has 1 saturated heterocycles. The second-order valence-electron chi connectivity index (χ2n) is 5.30. The minimum atomic E-state index is 0.210. The number of hydrogen-bond donors (Lipinski definition) is 2. The van der Waals surface area contributed by atoms with E-state index in [2.05, 4.69) is 22.3 Å². The van der Waals surface area contributed by atoms with Crippen molar-refractivity contribution >= 4 is 5.96 Å². The summed E-state index contributed by atoms with van der Waals surface area (Å²) in [5.74, 6) is 1.35. The molecular formula is C13H28N4O. The molecule has 1 atom stereocenters. The molecule has 0 amide bonds. The highest BCUT2D eigenvalue weighted by atomic mass is 16.5. The van der Waals surface area contributed by atoms with Gasteiger partial charge in [-0.25, -0.2) is 0 Å². The Bertz CT molecular complexity index is 249. The number of ether oxygens (including phenoxy) is 1. The van der Waals surface area contributed by atoms with Crippen LogP contribution in [0.5, 0.6) is 0 Å². The molecule has 0 aliphatic carbocycles. The van der Waals surface area contributed by atoms with Crippen molar-refractivity contribution in [1.29, 1.82) is 0 Å². The number of piperidine rings is 1. The quantitative estimate of drug-likeness (QED) is 0.541. The van der Waals surface area contributed by atoms with Gasteiger partial charge in [-0.05, 0) is 52.2 Å². The van der Waals surface area contributed by atoms with Crippen LogP contribution in [0.2, 0.25) is 0 Å². The molecule has 1 unspecified atom stereocenters. The number of hydrogen-bond acceptors (Lipinski definition) is 3. The Hall–Kier alpha value is -0.810. The molecule has 0 aromatic carbocycles. The van der Waals surface area contributed by atoms with Gasteiger partial charge in [0.2, 0.25) is 0 Å². The van der Waals surface area contributed by atoms with Crippen LogP contribution >= 0.6 is 0 Å². The van der Waals surface area contributed by atoms with Gasteiger partial charge in [0, 0.05) is 19.7 Å². The van der Waals surface area contributed by atoms with E-state index in [0.717, 1.165) is 18.9 Å². The predicted octanol–water partition coefficient (Wildman–Crippen LogP) is 0.658. The Morgan fingerprint density at radius 2 is 2.17 bits per heavy atom. The summed E-state index contributed by atoms with van der Waals surface area (Å²) in [6.45, 7) is 5.93. The Morgan fingerprint density at radius 1 is 1.50 bits per heavy atom.